The van der Waals surface area contributed by atoms with E-state index < -0.39 is 0 Å². The molecule has 2 nitrogen and oxygen atoms in total. The minimum Gasteiger partial charge on any atom is -0.378 e. The molecule has 1 aliphatic rings. The highest BCUT2D eigenvalue weighted by Gasteiger charge is 2.19. The molecule has 100 valence electrons. The largest absolute Gasteiger partial charge is 0.378 e. The lowest BCUT2D eigenvalue weighted by molar-refractivity contribution is 0.00998. The van der Waals surface area contributed by atoms with Crippen molar-refractivity contribution < 1.29 is 4.74 Å². The fourth-order valence-corrected chi connectivity index (χ4v) is 3.08. The molecule has 3 unspecified atom stereocenters. The van der Waals surface area contributed by atoms with Gasteiger partial charge in [0.15, 0.2) is 0 Å². The summed E-state index contributed by atoms with van der Waals surface area (Å²) in [7, 11) is 0. The predicted octanol–water partition coefficient (Wildman–Crippen LogP) is 4.30. The van der Waals surface area contributed by atoms with Gasteiger partial charge >= 0.3 is 0 Å². The normalized spacial score (nSPS) is 23.6. The van der Waals surface area contributed by atoms with E-state index in [0.29, 0.717) is 16.8 Å². The van der Waals surface area contributed by atoms with E-state index in [4.69, 9.17) is 4.74 Å². The van der Waals surface area contributed by atoms with Crippen LogP contribution in [0.2, 0.25) is 0 Å². The Hall–Kier alpha value is -0.410. The third-order valence-corrected chi connectivity index (χ3v) is 5.06. The van der Waals surface area contributed by atoms with E-state index in [1.807, 2.05) is 12.4 Å². The summed E-state index contributed by atoms with van der Waals surface area (Å²) in [6.45, 7) is 3.23. The van der Waals surface area contributed by atoms with Crippen LogP contribution in [0.1, 0.15) is 50.5 Å². The highest BCUT2D eigenvalue weighted by Crippen LogP contribution is 2.29. The lowest BCUT2D eigenvalue weighted by Crippen LogP contribution is -2.21. The van der Waals surface area contributed by atoms with E-state index in [1.165, 1.54) is 37.7 Å². The molecule has 0 aromatic carbocycles. The minimum atomic E-state index is 0.489. The molecule has 1 aromatic rings. The first-order valence-corrected chi connectivity index (χ1v) is 7.84. The Kier molecular flexibility index (Phi) is 5.64. The molecule has 2 rings (SSSR count). The number of hydrogen-bond donors (Lipinski definition) is 0. The van der Waals surface area contributed by atoms with E-state index >= 15 is 0 Å². The molecule has 2 heterocycles. The van der Waals surface area contributed by atoms with E-state index in [-0.39, 0.29) is 0 Å². The maximum absolute atomic E-state index is 5.78. The number of pyridine rings is 1. The first-order valence-electron chi connectivity index (χ1n) is 6.93. The van der Waals surface area contributed by atoms with Crippen molar-refractivity contribution in [2.45, 2.75) is 55.9 Å². The third kappa shape index (κ3) is 4.06. The fourth-order valence-electron chi connectivity index (χ4n) is 2.51. The molecule has 0 amide bonds. The van der Waals surface area contributed by atoms with E-state index in [1.54, 1.807) is 0 Å². The summed E-state index contributed by atoms with van der Waals surface area (Å²) in [6, 6.07) is 4.21. The molecule has 0 saturated carbocycles. The quantitative estimate of drug-likeness (QED) is 0.756. The smallest absolute Gasteiger partial charge is 0.0575 e. The maximum atomic E-state index is 5.78. The van der Waals surface area contributed by atoms with Gasteiger partial charge in [-0.2, -0.15) is 0 Å². The monoisotopic (exact) mass is 311 g/mol. The van der Waals surface area contributed by atoms with Crippen molar-refractivity contribution in [2.24, 2.45) is 0 Å². The van der Waals surface area contributed by atoms with Crippen molar-refractivity contribution in [3.05, 3.63) is 30.1 Å². The van der Waals surface area contributed by atoms with Crippen molar-refractivity contribution in [3.8, 4) is 0 Å². The molecular weight excluding hydrogens is 290 g/mol. The molecule has 1 aromatic heterocycles. The summed E-state index contributed by atoms with van der Waals surface area (Å²) in [5, 5.41) is 0. The van der Waals surface area contributed by atoms with Gasteiger partial charge in [0, 0.05) is 23.8 Å². The van der Waals surface area contributed by atoms with Crippen LogP contribution < -0.4 is 0 Å². The van der Waals surface area contributed by atoms with Gasteiger partial charge in [-0.15, -0.1) is 0 Å². The molecular formula is C15H22BrNO. The Morgan fingerprint density at radius 1 is 1.39 bits per heavy atom. The maximum Gasteiger partial charge on any atom is 0.0575 e. The predicted molar refractivity (Wildman–Crippen MR) is 78.2 cm³/mol. The van der Waals surface area contributed by atoms with Gasteiger partial charge in [-0.3, -0.25) is 4.98 Å². The summed E-state index contributed by atoms with van der Waals surface area (Å²) in [5.74, 6) is 0.525. The van der Waals surface area contributed by atoms with Gasteiger partial charge in [0.25, 0.3) is 0 Å². The zero-order valence-corrected chi connectivity index (χ0v) is 12.6. The number of nitrogens with zero attached hydrogens (tertiary/aromatic N) is 1. The molecule has 0 bridgehead atoms. The van der Waals surface area contributed by atoms with Gasteiger partial charge < -0.3 is 4.74 Å². The molecule has 18 heavy (non-hydrogen) atoms. The molecule has 0 N–H and O–H groups in total. The van der Waals surface area contributed by atoms with E-state index in [2.05, 4.69) is 40.0 Å². The van der Waals surface area contributed by atoms with Crippen LogP contribution in [0.5, 0.6) is 0 Å². The SMILES string of the molecule is CC(c1ccncc1)C(Br)CCC1CCCCO1. The third-order valence-electron chi connectivity index (χ3n) is 3.81. The zero-order chi connectivity index (χ0) is 12.8. The molecule has 1 aliphatic heterocycles. The highest BCUT2D eigenvalue weighted by atomic mass is 79.9. The van der Waals surface area contributed by atoms with Gasteiger partial charge in [-0.1, -0.05) is 22.9 Å². The van der Waals surface area contributed by atoms with Crippen molar-refractivity contribution in [1.29, 1.82) is 0 Å². The topological polar surface area (TPSA) is 22.1 Å². The summed E-state index contributed by atoms with van der Waals surface area (Å²) >= 11 is 3.83. The van der Waals surface area contributed by atoms with E-state index in [0.717, 1.165) is 6.61 Å². The highest BCUT2D eigenvalue weighted by molar-refractivity contribution is 9.09. The molecule has 1 saturated heterocycles. The summed E-state index contributed by atoms with van der Waals surface area (Å²) < 4.78 is 5.78. The molecule has 0 spiro atoms. The second-order valence-electron chi connectivity index (χ2n) is 5.15. The lowest BCUT2D eigenvalue weighted by Gasteiger charge is -2.25. The number of alkyl halides is 1. The average Bonchev–Trinajstić information content (AvgIpc) is 2.46. The van der Waals surface area contributed by atoms with Crippen molar-refractivity contribution in [1.82, 2.24) is 4.98 Å². The number of aromatic nitrogens is 1. The van der Waals surface area contributed by atoms with Crippen LogP contribution >= 0.6 is 15.9 Å². The van der Waals surface area contributed by atoms with E-state index in [9.17, 15) is 0 Å². The van der Waals surface area contributed by atoms with Crippen LogP contribution in [-0.4, -0.2) is 22.5 Å². The zero-order valence-electron chi connectivity index (χ0n) is 11.0. The number of halogens is 1. The first kappa shape index (κ1) is 14.0. The van der Waals surface area contributed by atoms with Gasteiger partial charge in [-0.25, -0.2) is 0 Å². The Balaban J connectivity index is 1.78. The Labute approximate surface area is 118 Å². The van der Waals surface area contributed by atoms with Crippen LogP contribution in [0, 0.1) is 0 Å². The standard InChI is InChI=1S/C15H22BrNO/c1-12(13-7-9-17-10-8-13)15(16)6-5-14-4-2-3-11-18-14/h7-10,12,14-15H,2-6,11H2,1H3. The first-order chi connectivity index (χ1) is 8.77. The number of rotatable bonds is 5. The summed E-state index contributed by atoms with van der Waals surface area (Å²) in [5.41, 5.74) is 1.36. The van der Waals surface area contributed by atoms with Gasteiger partial charge in [-0.05, 0) is 55.7 Å². The Bertz CT molecular complexity index is 338. The second kappa shape index (κ2) is 7.25. The minimum absolute atomic E-state index is 0.489. The molecule has 3 atom stereocenters. The van der Waals surface area contributed by atoms with Gasteiger partial charge in [0.1, 0.15) is 0 Å². The average molecular weight is 312 g/mol. The molecule has 0 radical (unpaired) electrons. The lowest BCUT2D eigenvalue weighted by atomic mass is 9.94. The van der Waals surface area contributed by atoms with Crippen LogP contribution in [0.25, 0.3) is 0 Å². The van der Waals surface area contributed by atoms with Crippen LogP contribution in [0.4, 0.5) is 0 Å². The van der Waals surface area contributed by atoms with Crippen LogP contribution in [0.15, 0.2) is 24.5 Å². The Morgan fingerprint density at radius 2 is 2.17 bits per heavy atom. The summed E-state index contributed by atoms with van der Waals surface area (Å²) in [4.78, 5) is 4.59. The van der Waals surface area contributed by atoms with Gasteiger partial charge in [0.05, 0.1) is 6.10 Å². The molecule has 1 fully saturated rings. The number of ether oxygens (including phenoxy) is 1. The van der Waals surface area contributed by atoms with Crippen molar-refractivity contribution >= 4 is 15.9 Å². The summed E-state index contributed by atoms with van der Waals surface area (Å²) in [6.07, 6.45) is 10.4. The fraction of sp³-hybridized carbons (Fsp3) is 0.667. The Morgan fingerprint density at radius 3 is 2.83 bits per heavy atom. The van der Waals surface area contributed by atoms with Crippen molar-refractivity contribution in [2.75, 3.05) is 6.61 Å². The van der Waals surface area contributed by atoms with Crippen LogP contribution in [0.3, 0.4) is 0 Å². The van der Waals surface area contributed by atoms with Gasteiger partial charge in [0.2, 0.25) is 0 Å². The molecule has 3 heteroatoms. The van der Waals surface area contributed by atoms with Crippen LogP contribution in [-0.2, 0) is 4.74 Å². The van der Waals surface area contributed by atoms with Crippen molar-refractivity contribution in [3.63, 3.8) is 0 Å². The second-order valence-corrected chi connectivity index (χ2v) is 6.33. The molecule has 0 aliphatic carbocycles. The number of hydrogen-bond acceptors (Lipinski definition) is 2.